The Hall–Kier alpha value is -1.85. The van der Waals surface area contributed by atoms with Crippen molar-refractivity contribution >= 4 is 11.8 Å². The van der Waals surface area contributed by atoms with Crippen LogP contribution in [0.15, 0.2) is 6.20 Å². The van der Waals surface area contributed by atoms with Crippen molar-refractivity contribution in [2.75, 3.05) is 20.0 Å². The first kappa shape index (κ1) is 9.24. The molecule has 0 aromatic carbocycles. The summed E-state index contributed by atoms with van der Waals surface area (Å²) in [6, 6.07) is 0.116. The summed E-state index contributed by atoms with van der Waals surface area (Å²) in [6.45, 7) is 0. The predicted molar refractivity (Wildman–Crippen MR) is 44.3 cm³/mol. The number of ether oxygens (including phenoxy) is 2. The molecule has 0 amide bonds. The summed E-state index contributed by atoms with van der Waals surface area (Å²) in [5, 5.41) is 0. The van der Waals surface area contributed by atoms with Crippen molar-refractivity contribution in [3.8, 4) is 6.01 Å². The van der Waals surface area contributed by atoms with Gasteiger partial charge in [0, 0.05) is 0 Å². The van der Waals surface area contributed by atoms with Crippen molar-refractivity contribution in [3.63, 3.8) is 0 Å². The second kappa shape index (κ2) is 3.70. The van der Waals surface area contributed by atoms with Crippen LogP contribution in [0, 0.1) is 0 Å². The number of aromatic nitrogens is 2. The number of nitrogens with zero attached hydrogens (tertiary/aromatic N) is 2. The van der Waals surface area contributed by atoms with E-state index in [1.165, 1.54) is 20.4 Å². The lowest BCUT2D eigenvalue weighted by Gasteiger charge is -2.02. The average molecular weight is 183 g/mol. The van der Waals surface area contributed by atoms with Crippen LogP contribution in [0.2, 0.25) is 0 Å². The van der Waals surface area contributed by atoms with Gasteiger partial charge in [-0.25, -0.2) is 9.78 Å². The van der Waals surface area contributed by atoms with Gasteiger partial charge in [-0.05, 0) is 0 Å². The predicted octanol–water partition coefficient (Wildman–Crippen LogP) is -0.146. The van der Waals surface area contributed by atoms with Crippen molar-refractivity contribution in [1.29, 1.82) is 0 Å². The fourth-order valence-electron chi connectivity index (χ4n) is 0.744. The zero-order valence-corrected chi connectivity index (χ0v) is 7.27. The molecule has 1 aromatic heterocycles. The van der Waals surface area contributed by atoms with E-state index in [4.69, 9.17) is 10.5 Å². The van der Waals surface area contributed by atoms with Gasteiger partial charge < -0.3 is 15.2 Å². The number of rotatable bonds is 2. The van der Waals surface area contributed by atoms with Crippen molar-refractivity contribution in [2.24, 2.45) is 0 Å². The van der Waals surface area contributed by atoms with Gasteiger partial charge in [0.25, 0.3) is 0 Å². The summed E-state index contributed by atoms with van der Waals surface area (Å²) >= 11 is 0. The van der Waals surface area contributed by atoms with E-state index in [0.29, 0.717) is 0 Å². The van der Waals surface area contributed by atoms with Gasteiger partial charge >= 0.3 is 12.0 Å². The fourth-order valence-corrected chi connectivity index (χ4v) is 0.744. The maximum Gasteiger partial charge on any atom is 0.343 e. The molecule has 1 aromatic rings. The molecule has 1 heterocycles. The number of methoxy groups -OCH3 is 2. The van der Waals surface area contributed by atoms with Crippen LogP contribution in [0.1, 0.15) is 10.4 Å². The molecule has 1 rings (SSSR count). The number of nitrogens with two attached hydrogens (primary N) is 1. The minimum atomic E-state index is -0.569. The minimum absolute atomic E-state index is 0.0405. The lowest BCUT2D eigenvalue weighted by Crippen LogP contribution is -2.08. The van der Waals surface area contributed by atoms with Crippen LogP contribution in [0.5, 0.6) is 6.01 Å². The number of carbonyl (C=O) groups excluding carboxylic acids is 1. The zero-order valence-electron chi connectivity index (χ0n) is 7.27. The molecule has 2 N–H and O–H groups in total. The number of hydrogen-bond acceptors (Lipinski definition) is 6. The van der Waals surface area contributed by atoms with Crippen molar-refractivity contribution in [1.82, 2.24) is 9.97 Å². The topological polar surface area (TPSA) is 87.3 Å². The number of esters is 1. The highest BCUT2D eigenvalue weighted by Crippen LogP contribution is 2.11. The monoisotopic (exact) mass is 183 g/mol. The summed E-state index contributed by atoms with van der Waals surface area (Å²) in [4.78, 5) is 18.4. The first-order chi connectivity index (χ1) is 6.19. The summed E-state index contributed by atoms with van der Waals surface area (Å²) in [5.41, 5.74) is 5.57. The van der Waals surface area contributed by atoms with Crippen LogP contribution in [0.25, 0.3) is 0 Å². The largest absolute Gasteiger partial charge is 0.467 e. The maximum absolute atomic E-state index is 11.0. The van der Waals surface area contributed by atoms with E-state index >= 15 is 0 Å². The van der Waals surface area contributed by atoms with Crippen molar-refractivity contribution < 1.29 is 14.3 Å². The van der Waals surface area contributed by atoms with Gasteiger partial charge in [0.2, 0.25) is 0 Å². The van der Waals surface area contributed by atoms with Gasteiger partial charge in [0.15, 0.2) is 0 Å². The molecule has 0 unspecified atom stereocenters. The van der Waals surface area contributed by atoms with Gasteiger partial charge in [-0.2, -0.15) is 4.98 Å². The molecule has 0 bridgehead atoms. The van der Waals surface area contributed by atoms with Gasteiger partial charge in [-0.15, -0.1) is 0 Å². The third-order valence-corrected chi connectivity index (χ3v) is 1.38. The third kappa shape index (κ3) is 1.84. The smallest absolute Gasteiger partial charge is 0.343 e. The Kier molecular flexibility index (Phi) is 2.63. The van der Waals surface area contributed by atoms with E-state index in [1.807, 2.05) is 0 Å². The molecule has 0 spiro atoms. The number of hydrogen-bond donors (Lipinski definition) is 1. The summed E-state index contributed by atoms with van der Waals surface area (Å²) in [6.07, 6.45) is 1.26. The highest BCUT2D eigenvalue weighted by molar-refractivity contribution is 5.93. The Labute approximate surface area is 74.7 Å². The van der Waals surface area contributed by atoms with Gasteiger partial charge in [-0.3, -0.25) is 0 Å². The van der Waals surface area contributed by atoms with Gasteiger partial charge in [0.05, 0.1) is 20.4 Å². The van der Waals surface area contributed by atoms with Crippen molar-refractivity contribution in [3.05, 3.63) is 11.8 Å². The highest BCUT2D eigenvalue weighted by atomic mass is 16.5. The molecule has 6 heteroatoms. The molecule has 6 nitrogen and oxygen atoms in total. The molecule has 0 saturated carbocycles. The lowest BCUT2D eigenvalue weighted by atomic mass is 10.3. The van der Waals surface area contributed by atoms with Gasteiger partial charge in [-0.1, -0.05) is 0 Å². The Balaban J connectivity index is 3.05. The average Bonchev–Trinajstić information content (AvgIpc) is 2.16. The highest BCUT2D eigenvalue weighted by Gasteiger charge is 2.12. The molecular formula is C7H9N3O3. The Morgan fingerprint density at radius 3 is 2.69 bits per heavy atom. The first-order valence-electron chi connectivity index (χ1n) is 3.44. The molecular weight excluding hydrogens is 174 g/mol. The van der Waals surface area contributed by atoms with Crippen LogP contribution >= 0.6 is 0 Å². The molecule has 0 fully saturated rings. The minimum Gasteiger partial charge on any atom is -0.467 e. The standard InChI is InChI=1S/C7H9N3O3/c1-12-6(11)4-3-9-7(13-2)10-5(4)8/h3H,1-2H3,(H2,8,9,10). The maximum atomic E-state index is 11.0. The number of anilines is 1. The molecule has 70 valence electrons. The summed E-state index contributed by atoms with van der Waals surface area (Å²) < 4.78 is 9.16. The summed E-state index contributed by atoms with van der Waals surface area (Å²) in [5.74, 6) is -0.529. The molecule has 0 aliphatic carbocycles. The Bertz CT molecular complexity index is 327. The number of nitrogen functional groups attached to an aromatic ring is 1. The molecule has 0 saturated heterocycles. The Morgan fingerprint density at radius 1 is 1.54 bits per heavy atom. The normalized spacial score (nSPS) is 9.38. The fraction of sp³-hybridized carbons (Fsp3) is 0.286. The molecule has 0 aliphatic rings. The number of carbonyl (C=O) groups is 1. The third-order valence-electron chi connectivity index (χ3n) is 1.38. The zero-order chi connectivity index (χ0) is 9.84. The quantitative estimate of drug-likeness (QED) is 0.642. The van der Waals surface area contributed by atoms with Crippen LogP contribution in [0.3, 0.4) is 0 Å². The molecule has 0 aliphatic heterocycles. The summed E-state index contributed by atoms with van der Waals surface area (Å²) in [7, 11) is 2.67. The van der Waals surface area contributed by atoms with E-state index in [0.717, 1.165) is 0 Å². The Morgan fingerprint density at radius 2 is 2.23 bits per heavy atom. The SMILES string of the molecule is COC(=O)c1cnc(OC)nc1N. The van der Waals surface area contributed by atoms with E-state index in [-0.39, 0.29) is 17.4 Å². The van der Waals surface area contributed by atoms with Crippen molar-refractivity contribution in [2.45, 2.75) is 0 Å². The van der Waals surface area contributed by atoms with Crippen LogP contribution in [-0.4, -0.2) is 30.2 Å². The first-order valence-corrected chi connectivity index (χ1v) is 3.44. The molecule has 0 atom stereocenters. The molecule has 0 radical (unpaired) electrons. The van der Waals surface area contributed by atoms with Crippen LogP contribution in [-0.2, 0) is 4.74 Å². The van der Waals surface area contributed by atoms with E-state index < -0.39 is 5.97 Å². The second-order valence-electron chi connectivity index (χ2n) is 2.15. The van der Waals surface area contributed by atoms with E-state index in [9.17, 15) is 4.79 Å². The van der Waals surface area contributed by atoms with E-state index in [1.54, 1.807) is 0 Å². The van der Waals surface area contributed by atoms with E-state index in [2.05, 4.69) is 14.7 Å². The van der Waals surface area contributed by atoms with Crippen LogP contribution in [0.4, 0.5) is 5.82 Å². The lowest BCUT2D eigenvalue weighted by molar-refractivity contribution is 0.0601. The molecule has 13 heavy (non-hydrogen) atoms. The van der Waals surface area contributed by atoms with Crippen LogP contribution < -0.4 is 10.5 Å². The second-order valence-corrected chi connectivity index (χ2v) is 2.15. The van der Waals surface area contributed by atoms with Gasteiger partial charge in [0.1, 0.15) is 11.4 Å².